The molecule has 0 radical (unpaired) electrons. The molecule has 11 heterocycles. The van der Waals surface area contributed by atoms with Gasteiger partial charge in [-0.2, -0.15) is 0 Å². The summed E-state index contributed by atoms with van der Waals surface area (Å²) in [6.07, 6.45) is -109. The van der Waals surface area contributed by atoms with Crippen LogP contribution in [0.4, 0.5) is 0 Å². The van der Waals surface area contributed by atoms with E-state index in [4.69, 9.17) is 99.5 Å². The molecule has 66 heteroatoms. The highest BCUT2D eigenvalue weighted by Crippen LogP contribution is 2.44. The van der Waals surface area contributed by atoms with Gasteiger partial charge >= 0.3 is 5.97 Å². The summed E-state index contributed by atoms with van der Waals surface area (Å²) in [5.74, 6) is -11.8. The Bertz CT molecular complexity index is 4180. The first-order valence-corrected chi connectivity index (χ1v) is 46.4. The minimum absolute atomic E-state index is 0.831. The first-order chi connectivity index (χ1) is 69.5. The SMILES string of the molecule is CC(=O)N[C@@H]1[C@@H](O[C@@H]2O[C@H](CO)[C@H](O)[C@H](O[C@@H]3O[C@H](CO)[C@@H](O[C@@H]4O[C@H](CO[C@@H]5O[C@H](CO)[C@@H](O[C@@H]6O[C@H](CO)[C@H](O)[C@H](O)[C@H]6O)[C@H](O)[C@H]5NC(C)=O)[C@H](O)[C@H](O[C@@H]5O[C@H](CO)[C@@H](O[C@@H]6O[C@H](CO)[C@H](O)[C@H](O[C@@H]7O[C@H](CO)[C@@H](O[C@@H]8O[C@H](CO)[C@H](O)[C@H](O[C@]9(C(=O)O)C[C@H](O)[C@@H](NC(=O)CO)[C@H]([C@H](O)[C@H](O)CO)O9)[C@H]8O)[C@H](O)[C@H]7NC(C)=O)[C@H]6O)[C@H](O)[C@H]5NC(C)=O)[C@H]4O)[C@H](O)[C@H]3NC(C)=O)[C@H]2O)[C@@H](O)[C@@H](CO)O[C@@H]1O. The summed E-state index contributed by atoms with van der Waals surface area (Å²) in [4.78, 5) is 90.9. The molecule has 11 saturated heterocycles. The fraction of sp³-hybridized carbons (Fsp3) is 0.914. The predicted octanol–water partition coefficient (Wildman–Crippen LogP) is -25.9. The Morgan fingerprint density at radius 2 is 0.571 bits per heavy atom. The molecule has 0 aliphatic carbocycles. The number of amides is 6. The Labute approximate surface area is 830 Å². The van der Waals surface area contributed by atoms with Gasteiger partial charge in [0, 0.05) is 41.0 Å². The maximum absolute atomic E-state index is 13.5. The van der Waals surface area contributed by atoms with Gasteiger partial charge in [0.2, 0.25) is 35.4 Å². The molecule has 11 aliphatic rings. The Kier molecular flexibility index (Phi) is 43.9. The molecular weight excluding hydrogens is 2020 g/mol. The van der Waals surface area contributed by atoms with E-state index in [1.807, 2.05) is 0 Å². The van der Waals surface area contributed by atoms with Crippen molar-refractivity contribution in [3.8, 4) is 0 Å². The van der Waals surface area contributed by atoms with Crippen LogP contribution in [0.2, 0.25) is 0 Å². The number of carbonyl (C=O) groups is 7. The molecule has 0 aromatic rings. The molecule has 11 rings (SSSR count). The molecule has 848 valence electrons. The lowest BCUT2D eigenvalue weighted by Gasteiger charge is -2.51. The van der Waals surface area contributed by atoms with Gasteiger partial charge in [0.1, 0.15) is 269 Å². The topological polar surface area (TPSA) is 1030 Å². The van der Waals surface area contributed by atoms with Crippen LogP contribution in [0.25, 0.3) is 0 Å². The number of rotatable bonds is 41. The van der Waals surface area contributed by atoms with Gasteiger partial charge in [0.15, 0.2) is 62.9 Å². The molecule has 0 bridgehead atoms. The van der Waals surface area contributed by atoms with Gasteiger partial charge < -0.3 is 295 Å². The average Bonchev–Trinajstić information content (AvgIpc) is 0.753. The monoisotopic (exact) mass is 2150 g/mol. The number of hydrogen-bond acceptors (Lipinski definition) is 59. The van der Waals surface area contributed by atoms with Crippen molar-refractivity contribution in [3.63, 3.8) is 0 Å². The normalized spacial score (nSPS) is 46.8. The maximum Gasteiger partial charge on any atom is 0.364 e. The second-order valence-electron chi connectivity index (χ2n) is 36.7. The lowest BCUT2D eigenvalue weighted by Crippen LogP contribution is -2.71. The van der Waals surface area contributed by atoms with E-state index in [-0.39, 0.29) is 0 Å². The van der Waals surface area contributed by atoms with Crippen LogP contribution in [-0.2, 0) is 133 Å². The predicted molar refractivity (Wildman–Crippen MR) is 451 cm³/mol. The molecule has 0 saturated carbocycles. The third kappa shape index (κ3) is 27.1. The molecule has 11 fully saturated rings. The molecule has 66 nitrogen and oxygen atoms in total. The molecule has 56 atom stereocenters. The highest BCUT2D eigenvalue weighted by molar-refractivity contribution is 5.78. The lowest BCUT2D eigenvalue weighted by atomic mass is 9.88. The van der Waals surface area contributed by atoms with E-state index >= 15 is 0 Å². The third-order valence-corrected chi connectivity index (χ3v) is 26.5. The molecule has 0 aromatic heterocycles. The van der Waals surface area contributed by atoms with E-state index in [9.17, 15) is 197 Å². The zero-order chi connectivity index (χ0) is 109. The molecule has 38 N–H and O–H groups in total. The number of nitrogens with one attached hydrogen (secondary N) is 6. The fourth-order valence-electron chi connectivity index (χ4n) is 19.0. The summed E-state index contributed by atoms with van der Waals surface area (Å²) < 4.78 is 124. The van der Waals surface area contributed by atoms with E-state index in [1.54, 1.807) is 0 Å². The summed E-state index contributed by atoms with van der Waals surface area (Å²) in [5.41, 5.74) is 0. The molecule has 147 heavy (non-hydrogen) atoms. The minimum atomic E-state index is -3.37. The van der Waals surface area contributed by atoms with Crippen LogP contribution in [0, 0.1) is 0 Å². The third-order valence-electron chi connectivity index (χ3n) is 26.5. The largest absolute Gasteiger partial charge is 0.477 e. The van der Waals surface area contributed by atoms with Crippen molar-refractivity contribution in [2.45, 2.75) is 384 Å². The van der Waals surface area contributed by atoms with Gasteiger partial charge in [-0.15, -0.1) is 0 Å². The van der Waals surface area contributed by atoms with Crippen molar-refractivity contribution in [3.05, 3.63) is 0 Å². The summed E-state index contributed by atoms with van der Waals surface area (Å²) >= 11 is 0. The Morgan fingerprint density at radius 3 is 0.912 bits per heavy atom. The fourth-order valence-corrected chi connectivity index (χ4v) is 19.0. The van der Waals surface area contributed by atoms with Crippen LogP contribution < -0.4 is 31.9 Å². The van der Waals surface area contributed by atoms with Gasteiger partial charge in [-0.25, -0.2) is 4.79 Å². The number of ether oxygens (including phenoxy) is 21. The lowest BCUT2D eigenvalue weighted by molar-refractivity contribution is -0.393. The van der Waals surface area contributed by atoms with Crippen molar-refractivity contribution in [2.24, 2.45) is 0 Å². The Hall–Kier alpha value is -5.79. The number of carbonyl (C=O) groups excluding carboxylic acids is 6. The highest BCUT2D eigenvalue weighted by Gasteiger charge is 2.65. The van der Waals surface area contributed by atoms with Crippen LogP contribution in [0.1, 0.15) is 41.0 Å². The number of carboxylic acids is 1. The molecule has 6 amide bonds. The van der Waals surface area contributed by atoms with Crippen molar-refractivity contribution in [2.75, 3.05) is 79.3 Å². The number of aliphatic carboxylic acids is 1. The Morgan fingerprint density at radius 1 is 0.293 bits per heavy atom. The molecule has 11 aliphatic heterocycles. The van der Waals surface area contributed by atoms with E-state index in [2.05, 4.69) is 31.9 Å². The molecule has 0 spiro atoms. The quantitative estimate of drug-likeness (QED) is 0.0270. The van der Waals surface area contributed by atoms with Gasteiger partial charge in [0.05, 0.1) is 84.8 Å². The average molecular weight is 2150 g/mol. The smallest absolute Gasteiger partial charge is 0.364 e. The number of carboxylic acid groups (broad SMARTS) is 1. The summed E-state index contributed by atoms with van der Waals surface area (Å²) in [6, 6.07) is -11.9. The molecular formula is C81H134N6O60. The maximum atomic E-state index is 13.5. The first kappa shape index (κ1) is 121. The highest BCUT2D eigenvalue weighted by atomic mass is 16.8. The van der Waals surface area contributed by atoms with E-state index in [0.717, 1.165) is 34.6 Å². The summed E-state index contributed by atoms with van der Waals surface area (Å²) in [6.45, 7) is -9.84. The van der Waals surface area contributed by atoms with E-state index in [0.29, 0.717) is 0 Å². The first-order valence-electron chi connectivity index (χ1n) is 46.4. The van der Waals surface area contributed by atoms with Crippen LogP contribution >= 0.6 is 0 Å². The zero-order valence-electron chi connectivity index (χ0n) is 78.7. The second kappa shape index (κ2) is 53.1. The van der Waals surface area contributed by atoms with Crippen molar-refractivity contribution in [1.29, 1.82) is 0 Å². The van der Waals surface area contributed by atoms with Crippen LogP contribution in [-0.4, -0.2) is 627 Å². The van der Waals surface area contributed by atoms with Gasteiger partial charge in [0.25, 0.3) is 5.79 Å². The van der Waals surface area contributed by atoms with Crippen molar-refractivity contribution >= 4 is 41.4 Å². The number of aliphatic hydroxyl groups is 31. The van der Waals surface area contributed by atoms with Gasteiger partial charge in [-0.3, -0.25) is 28.8 Å². The summed E-state index contributed by atoms with van der Waals surface area (Å²) in [7, 11) is 0. The van der Waals surface area contributed by atoms with E-state index in [1.165, 1.54) is 0 Å². The van der Waals surface area contributed by atoms with E-state index < -0.39 is 470 Å². The van der Waals surface area contributed by atoms with Crippen molar-refractivity contribution < 1.29 is 296 Å². The number of aliphatic hydroxyl groups excluding tert-OH is 31. The summed E-state index contributed by atoms with van der Waals surface area (Å²) in [5, 5.41) is 373. The van der Waals surface area contributed by atoms with Crippen molar-refractivity contribution in [1.82, 2.24) is 31.9 Å². The molecule has 0 aromatic carbocycles. The standard InChI is InChI=1S/C81H134N6O60/c1-19(99)82-38-50(114)60(138-75-55(119)54(118)44(108)26(8-89)129-75)31(13-94)133-71(38)127-18-35-49(113)68(58(122)78(137-35)140-62-33(15-96)134-73(39(52(62)116)83-20(2)100)144-67-47(111)29(11-92)131-77(57(67)121)142-64-42(86-23(5)103)70(124)128-27(9-90)45(64)109)145-74-41(85-22(4)102)51(115)61(32(14-95)136-74)139-76-56(120)66(46(110)28(10-91)130-76)143-72-40(84-21(3)101)53(117)63(34(16-97)135-72)141-79-59(123)69(48(112)30(12-93)132-79)147-81(80(125)126)6-24(104)37(87-36(106)17-98)65(146-81)43(107)25(105)7-88/h24-35,37-79,88-98,104-105,107-124H,6-18H2,1-5H3,(H,82,99)(H,83,100)(H,84,101)(H,85,102)(H,86,103)(H,87,106)(H,125,126)/t24-,25+,26+,27+,28+,29+,30+,31+,32+,33+,34+,35+,37+,38+,39+,40+,41+,42+,43+,44-,45-,46-,47-,48-,49-,50+,51+,52+,53+,54-,55+,56+,57+,58+,59+,60+,61+,62+,63+,64+,65+,66-,67-,68-,69-,70-,71+,72-,73-,74-,75-,76-,77-,78-,79-,81-/m0/s1. The zero-order valence-corrected chi connectivity index (χ0v) is 78.7. The minimum Gasteiger partial charge on any atom is -0.477 e. The van der Waals surface area contributed by atoms with Gasteiger partial charge in [-0.05, 0) is 0 Å². The second-order valence-corrected chi connectivity index (χ2v) is 36.7. The van der Waals surface area contributed by atoms with Crippen LogP contribution in [0.15, 0.2) is 0 Å². The Balaban J connectivity index is 0.860. The van der Waals surface area contributed by atoms with Gasteiger partial charge in [-0.1, -0.05) is 0 Å². The van der Waals surface area contributed by atoms with Crippen LogP contribution in [0.3, 0.4) is 0 Å². The molecule has 0 unspecified atom stereocenters. The van der Waals surface area contributed by atoms with Crippen LogP contribution in [0.5, 0.6) is 0 Å². The number of hydrogen-bond donors (Lipinski definition) is 38.